The Morgan fingerprint density at radius 3 is 2.61 bits per heavy atom. The number of hydrogen-bond acceptors (Lipinski definition) is 4. The summed E-state index contributed by atoms with van der Waals surface area (Å²) < 4.78 is 5.52. The predicted octanol–water partition coefficient (Wildman–Crippen LogP) is 1.85. The molecule has 160 valence electrons. The molecule has 2 N–H and O–H groups in total. The van der Waals surface area contributed by atoms with Crippen LogP contribution in [0.3, 0.4) is 0 Å². The van der Waals surface area contributed by atoms with Gasteiger partial charge in [-0.15, -0.1) is 0 Å². The van der Waals surface area contributed by atoms with Gasteiger partial charge in [0.1, 0.15) is 0 Å². The van der Waals surface area contributed by atoms with E-state index >= 15 is 0 Å². The number of carbonyl (C=O) groups excluding carboxylic acids is 3. The van der Waals surface area contributed by atoms with E-state index in [1.165, 1.54) is 6.42 Å². The Morgan fingerprint density at radius 1 is 1.14 bits per heavy atom. The van der Waals surface area contributed by atoms with E-state index in [2.05, 4.69) is 17.6 Å². The minimum atomic E-state index is -0.221. The third kappa shape index (κ3) is 7.08. The highest BCUT2D eigenvalue weighted by Crippen LogP contribution is 2.23. The van der Waals surface area contributed by atoms with Crippen molar-refractivity contribution in [1.82, 2.24) is 15.5 Å². The van der Waals surface area contributed by atoms with Crippen molar-refractivity contribution in [2.24, 2.45) is 11.8 Å². The molecule has 7 nitrogen and oxygen atoms in total. The summed E-state index contributed by atoms with van der Waals surface area (Å²) in [5, 5.41) is 5.60. The summed E-state index contributed by atoms with van der Waals surface area (Å²) in [6.45, 7) is 5.97. The monoisotopic (exact) mass is 395 g/mol. The topological polar surface area (TPSA) is 87.7 Å². The molecule has 2 rings (SSSR count). The second-order valence-corrected chi connectivity index (χ2v) is 8.16. The first kappa shape index (κ1) is 22.7. The molecule has 2 atom stereocenters. The van der Waals surface area contributed by atoms with E-state index in [9.17, 15) is 14.4 Å². The van der Waals surface area contributed by atoms with Crippen LogP contribution in [0.25, 0.3) is 0 Å². The van der Waals surface area contributed by atoms with E-state index < -0.39 is 0 Å². The summed E-state index contributed by atoms with van der Waals surface area (Å²) in [6.07, 6.45) is 8.21. The van der Waals surface area contributed by atoms with Crippen molar-refractivity contribution in [3.8, 4) is 0 Å². The molecular weight excluding hydrogens is 358 g/mol. The lowest BCUT2D eigenvalue weighted by Crippen LogP contribution is -2.55. The zero-order valence-corrected chi connectivity index (χ0v) is 17.5. The van der Waals surface area contributed by atoms with Crippen LogP contribution in [-0.2, 0) is 19.1 Å². The van der Waals surface area contributed by atoms with Crippen LogP contribution in [0, 0.1) is 11.8 Å². The molecule has 2 fully saturated rings. The lowest BCUT2D eigenvalue weighted by molar-refractivity contribution is -0.144. The maximum atomic E-state index is 12.7. The van der Waals surface area contributed by atoms with Crippen LogP contribution in [0.1, 0.15) is 65.2 Å². The van der Waals surface area contributed by atoms with Crippen molar-refractivity contribution >= 4 is 17.7 Å². The molecule has 0 spiro atoms. The second-order valence-electron chi connectivity index (χ2n) is 8.16. The predicted molar refractivity (Wildman–Crippen MR) is 108 cm³/mol. The van der Waals surface area contributed by atoms with Gasteiger partial charge >= 0.3 is 0 Å². The molecule has 0 aromatic heterocycles. The van der Waals surface area contributed by atoms with Crippen LogP contribution in [0.15, 0.2) is 0 Å². The molecule has 3 amide bonds. The average Bonchev–Trinajstić information content (AvgIpc) is 2.74. The Hall–Kier alpha value is -1.63. The van der Waals surface area contributed by atoms with Gasteiger partial charge in [0.25, 0.3) is 0 Å². The number of amides is 3. The summed E-state index contributed by atoms with van der Waals surface area (Å²) in [5.41, 5.74) is 0. The quantitative estimate of drug-likeness (QED) is 0.624. The molecule has 1 saturated carbocycles. The number of morpholine rings is 1. The van der Waals surface area contributed by atoms with Crippen molar-refractivity contribution in [1.29, 1.82) is 0 Å². The first-order valence-corrected chi connectivity index (χ1v) is 11.0. The minimum absolute atomic E-state index is 0.00830. The molecule has 0 radical (unpaired) electrons. The number of nitrogens with one attached hydrogen (secondary N) is 2. The second kappa shape index (κ2) is 12.0. The molecule has 1 heterocycles. The van der Waals surface area contributed by atoms with Crippen LogP contribution < -0.4 is 10.6 Å². The number of carbonyl (C=O) groups is 3. The molecular formula is C21H37N3O4. The Bertz CT molecular complexity index is 520. The molecule has 28 heavy (non-hydrogen) atoms. The van der Waals surface area contributed by atoms with Gasteiger partial charge in [-0.3, -0.25) is 14.4 Å². The summed E-state index contributed by atoms with van der Waals surface area (Å²) >= 11 is 0. The van der Waals surface area contributed by atoms with E-state index in [0.29, 0.717) is 26.3 Å². The van der Waals surface area contributed by atoms with E-state index in [0.717, 1.165) is 44.9 Å². The summed E-state index contributed by atoms with van der Waals surface area (Å²) in [7, 11) is 0. The van der Waals surface area contributed by atoms with Crippen LogP contribution in [0.2, 0.25) is 0 Å². The first-order chi connectivity index (χ1) is 13.5. The van der Waals surface area contributed by atoms with Gasteiger partial charge in [0.05, 0.1) is 25.8 Å². The third-order valence-corrected chi connectivity index (χ3v) is 5.86. The van der Waals surface area contributed by atoms with Gasteiger partial charge in [0.2, 0.25) is 17.7 Å². The van der Waals surface area contributed by atoms with Crippen molar-refractivity contribution in [3.05, 3.63) is 0 Å². The largest absolute Gasteiger partial charge is 0.377 e. The number of ether oxygens (including phenoxy) is 1. The van der Waals surface area contributed by atoms with Gasteiger partial charge < -0.3 is 20.3 Å². The number of rotatable bonds is 9. The fourth-order valence-electron chi connectivity index (χ4n) is 4.00. The van der Waals surface area contributed by atoms with Gasteiger partial charge in [0.15, 0.2) is 0 Å². The molecule has 7 heteroatoms. The van der Waals surface area contributed by atoms with Crippen LogP contribution in [-0.4, -0.2) is 61.5 Å². The number of unbranched alkanes of at least 4 members (excludes halogenated alkanes) is 1. The highest BCUT2D eigenvalue weighted by atomic mass is 16.5. The Kier molecular flexibility index (Phi) is 9.75. The van der Waals surface area contributed by atoms with Crippen molar-refractivity contribution in [2.75, 3.05) is 32.8 Å². The van der Waals surface area contributed by atoms with E-state index in [1.54, 1.807) is 0 Å². The zero-order chi connectivity index (χ0) is 20.4. The highest BCUT2D eigenvalue weighted by Gasteiger charge is 2.30. The highest BCUT2D eigenvalue weighted by molar-refractivity contribution is 5.86. The molecule has 0 bridgehead atoms. The zero-order valence-electron chi connectivity index (χ0n) is 17.5. The average molecular weight is 396 g/mol. The van der Waals surface area contributed by atoms with Crippen molar-refractivity contribution in [2.45, 2.75) is 71.3 Å². The van der Waals surface area contributed by atoms with Crippen LogP contribution in [0.4, 0.5) is 0 Å². The number of hydrogen-bond donors (Lipinski definition) is 2. The van der Waals surface area contributed by atoms with Gasteiger partial charge in [-0.25, -0.2) is 0 Å². The van der Waals surface area contributed by atoms with Crippen LogP contribution >= 0.6 is 0 Å². The number of nitrogens with zero attached hydrogens (tertiary/aromatic N) is 1. The molecule has 1 aliphatic carbocycles. The Labute approximate surface area is 168 Å². The van der Waals surface area contributed by atoms with E-state index in [-0.39, 0.29) is 42.1 Å². The minimum Gasteiger partial charge on any atom is -0.377 e. The lowest BCUT2D eigenvalue weighted by Gasteiger charge is -2.37. The summed E-state index contributed by atoms with van der Waals surface area (Å²) in [5.74, 6) is -0.0581. The lowest BCUT2D eigenvalue weighted by atomic mass is 9.89. The first-order valence-electron chi connectivity index (χ1n) is 11.0. The van der Waals surface area contributed by atoms with E-state index in [1.807, 2.05) is 11.8 Å². The van der Waals surface area contributed by atoms with Crippen LogP contribution in [0.5, 0.6) is 0 Å². The molecule has 2 unspecified atom stereocenters. The maximum absolute atomic E-state index is 12.7. The van der Waals surface area contributed by atoms with Gasteiger partial charge in [-0.05, 0) is 19.3 Å². The normalized spacial score (nSPS) is 21.8. The molecule has 0 aromatic rings. The summed E-state index contributed by atoms with van der Waals surface area (Å²) in [4.78, 5) is 38.9. The standard InChI is InChI=1S/C21H37N3O4/c1-3-4-8-16(2)21(27)24-11-12-28-15-18(24)13-22-19(25)14-23-20(26)17-9-6-5-7-10-17/h16-18H,3-15H2,1-2H3,(H,22,25)(H,23,26). The molecule has 0 aromatic carbocycles. The molecule has 1 saturated heterocycles. The smallest absolute Gasteiger partial charge is 0.239 e. The SMILES string of the molecule is CCCCC(C)C(=O)N1CCOCC1CNC(=O)CNC(=O)C1CCCCC1. The maximum Gasteiger partial charge on any atom is 0.239 e. The Morgan fingerprint density at radius 2 is 1.89 bits per heavy atom. The fraction of sp³-hybridized carbons (Fsp3) is 0.857. The molecule has 1 aliphatic heterocycles. The van der Waals surface area contributed by atoms with E-state index in [4.69, 9.17) is 4.74 Å². The third-order valence-electron chi connectivity index (χ3n) is 5.86. The van der Waals surface area contributed by atoms with Gasteiger partial charge in [-0.2, -0.15) is 0 Å². The van der Waals surface area contributed by atoms with Crippen molar-refractivity contribution < 1.29 is 19.1 Å². The van der Waals surface area contributed by atoms with Gasteiger partial charge in [0, 0.05) is 24.9 Å². The van der Waals surface area contributed by atoms with Gasteiger partial charge in [-0.1, -0.05) is 46.0 Å². The van der Waals surface area contributed by atoms with Crippen molar-refractivity contribution in [3.63, 3.8) is 0 Å². The Balaban J connectivity index is 1.74. The summed E-state index contributed by atoms with van der Waals surface area (Å²) in [6, 6.07) is -0.150. The molecule has 2 aliphatic rings. The fourth-order valence-corrected chi connectivity index (χ4v) is 4.00.